The molecule has 27 heavy (non-hydrogen) atoms. The molecule has 0 unspecified atom stereocenters. The summed E-state index contributed by atoms with van der Waals surface area (Å²) in [6, 6.07) is 18.3. The van der Waals surface area contributed by atoms with Crippen molar-refractivity contribution in [2.75, 3.05) is 45.2 Å². The molecule has 1 amide bonds. The van der Waals surface area contributed by atoms with Gasteiger partial charge in [0.2, 0.25) is 0 Å². The minimum atomic E-state index is -0.0221. The highest BCUT2D eigenvalue weighted by Gasteiger charge is 2.31. The summed E-state index contributed by atoms with van der Waals surface area (Å²) in [6.07, 6.45) is 0. The van der Waals surface area contributed by atoms with Gasteiger partial charge >= 0.3 is 0 Å². The zero-order chi connectivity index (χ0) is 19.2. The van der Waals surface area contributed by atoms with Crippen LogP contribution in [0.15, 0.2) is 54.6 Å². The molecule has 3 rings (SSSR count). The molecule has 0 aliphatic carbocycles. The van der Waals surface area contributed by atoms with Crippen molar-refractivity contribution in [3.8, 4) is 5.75 Å². The molecule has 5 nitrogen and oxygen atoms in total. The van der Waals surface area contributed by atoms with Crippen molar-refractivity contribution in [3.05, 3.63) is 60.2 Å². The highest BCUT2D eigenvalue weighted by molar-refractivity contribution is 5.79. The minimum Gasteiger partial charge on any atom is -0.497 e. The summed E-state index contributed by atoms with van der Waals surface area (Å²) in [4.78, 5) is 18.4. The van der Waals surface area contributed by atoms with Gasteiger partial charge in [-0.25, -0.2) is 0 Å². The molecule has 144 valence electrons. The highest BCUT2D eigenvalue weighted by atomic mass is 16.5. The summed E-state index contributed by atoms with van der Waals surface area (Å²) in [7, 11) is 3.60. The molecule has 0 bridgehead atoms. The number of amides is 1. The highest BCUT2D eigenvalue weighted by Crippen LogP contribution is 2.20. The molecular formula is C22H30N3O2+. The van der Waals surface area contributed by atoms with Crippen molar-refractivity contribution < 1.29 is 14.4 Å². The minimum absolute atomic E-state index is 0.0221. The van der Waals surface area contributed by atoms with Crippen LogP contribution in [0.4, 0.5) is 5.69 Å². The van der Waals surface area contributed by atoms with E-state index in [0.717, 1.165) is 31.9 Å². The van der Waals surface area contributed by atoms with Gasteiger partial charge in [0.15, 0.2) is 6.04 Å². The molecule has 1 N–H and O–H groups in total. The summed E-state index contributed by atoms with van der Waals surface area (Å²) < 4.78 is 5.33. The molecule has 0 aromatic heterocycles. The molecule has 5 heteroatoms. The predicted molar refractivity (Wildman–Crippen MR) is 108 cm³/mol. The molecule has 0 saturated carbocycles. The van der Waals surface area contributed by atoms with E-state index in [-0.39, 0.29) is 11.9 Å². The van der Waals surface area contributed by atoms with E-state index in [1.165, 1.54) is 16.2 Å². The predicted octanol–water partition coefficient (Wildman–Crippen LogP) is 1.45. The molecule has 1 atom stereocenters. The Kier molecular flexibility index (Phi) is 6.35. The van der Waals surface area contributed by atoms with Gasteiger partial charge in [0.25, 0.3) is 5.91 Å². The molecule has 1 aliphatic heterocycles. The average Bonchev–Trinajstić information content (AvgIpc) is 2.73. The fourth-order valence-electron chi connectivity index (χ4n) is 3.73. The van der Waals surface area contributed by atoms with Gasteiger partial charge in [-0.1, -0.05) is 36.4 Å². The maximum absolute atomic E-state index is 12.9. The van der Waals surface area contributed by atoms with E-state index >= 15 is 0 Å². The maximum atomic E-state index is 12.9. The molecule has 1 saturated heterocycles. The van der Waals surface area contributed by atoms with Gasteiger partial charge in [0.1, 0.15) is 5.75 Å². The maximum Gasteiger partial charge on any atom is 0.280 e. The van der Waals surface area contributed by atoms with Crippen LogP contribution >= 0.6 is 0 Å². The average molecular weight is 369 g/mol. The van der Waals surface area contributed by atoms with Crippen molar-refractivity contribution in [1.29, 1.82) is 0 Å². The molecule has 0 radical (unpaired) electrons. The Bertz CT molecular complexity index is 742. The molecule has 1 fully saturated rings. The number of piperazine rings is 1. The number of hydrogen-bond donors (Lipinski definition) is 1. The van der Waals surface area contributed by atoms with Crippen LogP contribution in [-0.4, -0.2) is 57.2 Å². The van der Waals surface area contributed by atoms with Crippen LogP contribution in [0.1, 0.15) is 12.5 Å². The normalized spacial score (nSPS) is 16.0. The number of quaternary nitrogens is 1. The third kappa shape index (κ3) is 4.80. The van der Waals surface area contributed by atoms with Gasteiger partial charge in [-0.15, -0.1) is 0 Å². The molecule has 1 heterocycles. The Morgan fingerprint density at radius 1 is 1.15 bits per heavy atom. The van der Waals surface area contributed by atoms with E-state index in [9.17, 15) is 4.79 Å². The fourth-order valence-corrected chi connectivity index (χ4v) is 3.73. The van der Waals surface area contributed by atoms with Gasteiger partial charge < -0.3 is 19.4 Å². The van der Waals surface area contributed by atoms with Crippen molar-refractivity contribution in [2.45, 2.75) is 19.5 Å². The second kappa shape index (κ2) is 8.91. The van der Waals surface area contributed by atoms with Crippen molar-refractivity contribution >= 4 is 11.6 Å². The monoisotopic (exact) mass is 368 g/mol. The molecule has 0 spiro atoms. The molecule has 2 aromatic rings. The number of anilines is 1. The number of methoxy groups -OCH3 is 1. The SMILES string of the molecule is COc1cccc(N2CC[NH+]([C@@H](C)C(=O)N(C)Cc3ccccc3)CC2)c1. The Hall–Kier alpha value is -2.53. The molecule has 2 aromatic carbocycles. The largest absolute Gasteiger partial charge is 0.497 e. The standard InChI is InChI=1S/C22H29N3O2/c1-18(22(26)23(2)17-19-8-5-4-6-9-19)24-12-14-25(15-13-24)20-10-7-11-21(16-20)27-3/h4-11,16,18H,12-15,17H2,1-3H3/p+1/t18-/m0/s1. The number of rotatable bonds is 6. The zero-order valence-electron chi connectivity index (χ0n) is 16.5. The quantitative estimate of drug-likeness (QED) is 0.839. The van der Waals surface area contributed by atoms with E-state index in [4.69, 9.17) is 4.74 Å². The van der Waals surface area contributed by atoms with Crippen LogP contribution in [0.5, 0.6) is 5.75 Å². The molecular weight excluding hydrogens is 338 g/mol. The Balaban J connectivity index is 1.54. The van der Waals surface area contributed by atoms with Gasteiger partial charge in [-0.3, -0.25) is 4.79 Å². The van der Waals surface area contributed by atoms with Crippen LogP contribution in [0, 0.1) is 0 Å². The number of hydrogen-bond acceptors (Lipinski definition) is 3. The zero-order valence-corrected chi connectivity index (χ0v) is 16.5. The number of ether oxygens (including phenoxy) is 1. The lowest BCUT2D eigenvalue weighted by Crippen LogP contribution is -3.19. The summed E-state index contributed by atoms with van der Waals surface area (Å²) in [5.41, 5.74) is 2.35. The first-order chi connectivity index (χ1) is 13.1. The Labute approximate surface area is 162 Å². The first-order valence-electron chi connectivity index (χ1n) is 9.61. The van der Waals surface area contributed by atoms with E-state index < -0.39 is 0 Å². The fraction of sp³-hybridized carbons (Fsp3) is 0.409. The first kappa shape index (κ1) is 19.2. The van der Waals surface area contributed by atoms with Crippen molar-refractivity contribution in [2.24, 2.45) is 0 Å². The number of likely N-dealkylation sites (N-methyl/N-ethyl adjacent to an activating group) is 1. The lowest BCUT2D eigenvalue weighted by Gasteiger charge is -2.37. The second-order valence-corrected chi connectivity index (χ2v) is 7.25. The van der Waals surface area contributed by atoms with Crippen LogP contribution in [0.25, 0.3) is 0 Å². The number of carbonyl (C=O) groups excluding carboxylic acids is 1. The lowest BCUT2D eigenvalue weighted by atomic mass is 10.1. The van der Waals surface area contributed by atoms with Crippen LogP contribution in [0.2, 0.25) is 0 Å². The van der Waals surface area contributed by atoms with Crippen LogP contribution in [-0.2, 0) is 11.3 Å². The second-order valence-electron chi connectivity index (χ2n) is 7.25. The van der Waals surface area contributed by atoms with E-state index in [0.29, 0.717) is 6.54 Å². The number of nitrogens with zero attached hydrogens (tertiary/aromatic N) is 2. The lowest BCUT2D eigenvalue weighted by molar-refractivity contribution is -0.915. The van der Waals surface area contributed by atoms with Gasteiger partial charge in [-0.05, 0) is 24.6 Å². The van der Waals surface area contributed by atoms with E-state index in [1.807, 2.05) is 42.3 Å². The third-order valence-electron chi connectivity index (χ3n) is 5.45. The molecule has 1 aliphatic rings. The van der Waals surface area contributed by atoms with Gasteiger partial charge in [-0.2, -0.15) is 0 Å². The van der Waals surface area contributed by atoms with E-state index in [1.54, 1.807) is 7.11 Å². The Morgan fingerprint density at radius 2 is 1.85 bits per heavy atom. The smallest absolute Gasteiger partial charge is 0.280 e. The number of carbonyl (C=O) groups is 1. The Morgan fingerprint density at radius 3 is 2.52 bits per heavy atom. The summed E-state index contributed by atoms with van der Waals surface area (Å²) >= 11 is 0. The van der Waals surface area contributed by atoms with Gasteiger partial charge in [0, 0.05) is 25.3 Å². The number of nitrogens with one attached hydrogen (secondary N) is 1. The van der Waals surface area contributed by atoms with Crippen molar-refractivity contribution in [3.63, 3.8) is 0 Å². The van der Waals surface area contributed by atoms with Gasteiger partial charge in [0.05, 0.1) is 33.3 Å². The number of benzene rings is 2. The summed E-state index contributed by atoms with van der Waals surface area (Å²) in [6.45, 7) is 6.53. The third-order valence-corrected chi connectivity index (χ3v) is 5.45. The first-order valence-corrected chi connectivity index (χ1v) is 9.61. The topological polar surface area (TPSA) is 37.2 Å². The summed E-state index contributed by atoms with van der Waals surface area (Å²) in [5.74, 6) is 1.09. The van der Waals surface area contributed by atoms with Crippen LogP contribution in [0.3, 0.4) is 0 Å². The summed E-state index contributed by atoms with van der Waals surface area (Å²) in [5, 5.41) is 0. The van der Waals surface area contributed by atoms with E-state index in [2.05, 4.69) is 36.1 Å². The van der Waals surface area contributed by atoms with Crippen molar-refractivity contribution in [1.82, 2.24) is 4.90 Å². The van der Waals surface area contributed by atoms with Crippen LogP contribution < -0.4 is 14.5 Å².